The third kappa shape index (κ3) is 3.44. The average molecular weight is 342 g/mol. The summed E-state index contributed by atoms with van der Waals surface area (Å²) in [6.07, 6.45) is -0.940. The molecule has 0 saturated heterocycles. The Morgan fingerprint density at radius 2 is 2.16 bits per heavy atom. The summed E-state index contributed by atoms with van der Waals surface area (Å²) in [5.41, 5.74) is 8.09. The highest BCUT2D eigenvalue weighted by Gasteiger charge is 2.15. The highest BCUT2D eigenvalue weighted by Crippen LogP contribution is 2.23. The van der Waals surface area contributed by atoms with E-state index in [-0.39, 0.29) is 18.9 Å². The van der Waals surface area contributed by atoms with Gasteiger partial charge in [-0.05, 0) is 31.2 Å². The van der Waals surface area contributed by atoms with Crippen molar-refractivity contribution in [3.63, 3.8) is 0 Å². The smallest absolute Gasteiger partial charge is 0.269 e. The lowest BCUT2D eigenvalue weighted by Gasteiger charge is -2.11. The summed E-state index contributed by atoms with van der Waals surface area (Å²) in [6, 6.07) is 10.7. The zero-order chi connectivity index (χ0) is 18.0. The van der Waals surface area contributed by atoms with Crippen LogP contribution in [0.25, 0.3) is 16.9 Å². The number of hydrogen-bond acceptors (Lipinski definition) is 6. The molecule has 3 rings (SSSR count). The van der Waals surface area contributed by atoms with E-state index < -0.39 is 12.0 Å². The first-order chi connectivity index (χ1) is 12.0. The predicted octanol–water partition coefficient (Wildman–Crippen LogP) is 0.536. The molecule has 3 aromatic rings. The van der Waals surface area contributed by atoms with E-state index in [4.69, 9.17) is 15.6 Å². The molecule has 0 saturated carbocycles. The minimum Gasteiger partial charge on any atom is -0.491 e. The molecule has 0 spiro atoms. The van der Waals surface area contributed by atoms with Crippen LogP contribution in [0.4, 0.5) is 0 Å². The fourth-order valence-electron chi connectivity index (χ4n) is 2.47. The maximum absolute atomic E-state index is 11.6. The minimum atomic E-state index is -0.940. The van der Waals surface area contributed by atoms with Crippen molar-refractivity contribution < 1.29 is 19.7 Å². The molecule has 0 aliphatic rings. The lowest BCUT2D eigenvalue weighted by molar-refractivity contribution is 0.0536. The number of benzene rings is 1. The summed E-state index contributed by atoms with van der Waals surface area (Å²) < 4.78 is 6.87. The Hall–Kier alpha value is -2.97. The molecule has 130 valence electrons. The number of aryl methyl sites for hydroxylation is 1. The maximum atomic E-state index is 11.6. The third-order valence-corrected chi connectivity index (χ3v) is 3.67. The van der Waals surface area contributed by atoms with Gasteiger partial charge < -0.3 is 20.7 Å². The second-order valence-corrected chi connectivity index (χ2v) is 5.57. The van der Waals surface area contributed by atoms with Gasteiger partial charge in [-0.2, -0.15) is 5.10 Å². The Labute approximate surface area is 143 Å². The van der Waals surface area contributed by atoms with Gasteiger partial charge in [0.15, 0.2) is 11.3 Å². The summed E-state index contributed by atoms with van der Waals surface area (Å²) in [5, 5.41) is 22.6. The van der Waals surface area contributed by atoms with Crippen LogP contribution in [-0.2, 0) is 0 Å². The van der Waals surface area contributed by atoms with Gasteiger partial charge in [0.1, 0.15) is 18.5 Å². The first-order valence-electron chi connectivity index (χ1n) is 7.68. The summed E-state index contributed by atoms with van der Waals surface area (Å²) in [6.45, 7) is 1.32. The van der Waals surface area contributed by atoms with E-state index in [1.807, 2.05) is 6.07 Å². The fraction of sp³-hybridized carbons (Fsp3) is 0.235. The molecule has 25 heavy (non-hydrogen) atoms. The molecule has 2 heterocycles. The van der Waals surface area contributed by atoms with Crippen LogP contribution >= 0.6 is 0 Å². The monoisotopic (exact) mass is 342 g/mol. The number of carbonyl (C=O) groups excluding carboxylic acids is 1. The van der Waals surface area contributed by atoms with Gasteiger partial charge in [-0.15, -0.1) is 0 Å². The van der Waals surface area contributed by atoms with E-state index in [1.54, 1.807) is 37.3 Å². The SMILES string of the molecule is Cc1nc2ccc(-c3cccc(OCC(O)CO)c3)nn2c1C(N)=O. The lowest BCUT2D eigenvalue weighted by Crippen LogP contribution is -2.21. The van der Waals surface area contributed by atoms with Crippen molar-refractivity contribution in [1.29, 1.82) is 0 Å². The molecular formula is C17H18N4O4. The highest BCUT2D eigenvalue weighted by molar-refractivity contribution is 5.93. The van der Waals surface area contributed by atoms with E-state index in [0.29, 0.717) is 22.8 Å². The number of aromatic nitrogens is 3. The molecule has 2 aromatic heterocycles. The maximum Gasteiger partial charge on any atom is 0.269 e. The van der Waals surface area contributed by atoms with Crippen LogP contribution in [0.1, 0.15) is 16.2 Å². The predicted molar refractivity (Wildman–Crippen MR) is 90.3 cm³/mol. The standard InChI is InChI=1S/C17H18N4O4/c1-10-16(17(18)24)21-15(19-10)6-5-14(20-21)11-3-2-4-13(7-11)25-9-12(23)8-22/h2-7,12,22-23H,8-9H2,1H3,(H2,18,24). The normalized spacial score (nSPS) is 12.3. The number of hydrogen-bond donors (Lipinski definition) is 3. The Balaban J connectivity index is 1.96. The fourth-order valence-corrected chi connectivity index (χ4v) is 2.47. The van der Waals surface area contributed by atoms with Crippen molar-refractivity contribution in [2.24, 2.45) is 5.73 Å². The molecule has 1 amide bonds. The molecule has 0 radical (unpaired) electrons. The molecular weight excluding hydrogens is 324 g/mol. The zero-order valence-electron chi connectivity index (χ0n) is 13.6. The van der Waals surface area contributed by atoms with Gasteiger partial charge in [-0.3, -0.25) is 4.79 Å². The Bertz CT molecular complexity index is 922. The summed E-state index contributed by atoms with van der Waals surface area (Å²) >= 11 is 0. The molecule has 8 nitrogen and oxygen atoms in total. The number of aliphatic hydroxyl groups excluding tert-OH is 2. The van der Waals surface area contributed by atoms with Crippen molar-refractivity contribution in [2.75, 3.05) is 13.2 Å². The van der Waals surface area contributed by atoms with Gasteiger partial charge in [-0.25, -0.2) is 9.50 Å². The Morgan fingerprint density at radius 1 is 1.36 bits per heavy atom. The van der Waals surface area contributed by atoms with Crippen molar-refractivity contribution in [2.45, 2.75) is 13.0 Å². The van der Waals surface area contributed by atoms with Crippen LogP contribution in [0, 0.1) is 6.92 Å². The van der Waals surface area contributed by atoms with Gasteiger partial charge in [0.05, 0.1) is 18.0 Å². The van der Waals surface area contributed by atoms with E-state index in [1.165, 1.54) is 4.52 Å². The molecule has 8 heteroatoms. The number of nitrogens with two attached hydrogens (primary N) is 1. The Kier molecular flexibility index (Phi) is 4.64. The molecule has 0 bridgehead atoms. The summed E-state index contributed by atoms with van der Waals surface area (Å²) in [4.78, 5) is 15.9. The first kappa shape index (κ1) is 16.9. The molecule has 1 atom stereocenters. The topological polar surface area (TPSA) is 123 Å². The van der Waals surface area contributed by atoms with Gasteiger partial charge in [-0.1, -0.05) is 12.1 Å². The van der Waals surface area contributed by atoms with Crippen LogP contribution in [0.15, 0.2) is 36.4 Å². The van der Waals surface area contributed by atoms with E-state index in [9.17, 15) is 9.90 Å². The van der Waals surface area contributed by atoms with Crippen molar-refractivity contribution in [3.05, 3.63) is 47.8 Å². The molecule has 0 aliphatic carbocycles. The number of rotatable bonds is 6. The van der Waals surface area contributed by atoms with Crippen molar-refractivity contribution >= 4 is 11.6 Å². The first-order valence-corrected chi connectivity index (χ1v) is 7.68. The van der Waals surface area contributed by atoms with E-state index >= 15 is 0 Å². The summed E-state index contributed by atoms with van der Waals surface area (Å²) in [5.74, 6) is -0.0615. The molecule has 0 fully saturated rings. The van der Waals surface area contributed by atoms with Gasteiger partial charge in [0.25, 0.3) is 5.91 Å². The highest BCUT2D eigenvalue weighted by atomic mass is 16.5. The third-order valence-electron chi connectivity index (χ3n) is 3.67. The van der Waals surface area contributed by atoms with Gasteiger partial charge in [0, 0.05) is 5.56 Å². The molecule has 1 unspecified atom stereocenters. The van der Waals surface area contributed by atoms with Crippen LogP contribution in [0.2, 0.25) is 0 Å². The number of ether oxygens (including phenoxy) is 1. The van der Waals surface area contributed by atoms with Crippen LogP contribution in [-0.4, -0.2) is 50.0 Å². The van der Waals surface area contributed by atoms with E-state index in [0.717, 1.165) is 5.56 Å². The van der Waals surface area contributed by atoms with Crippen LogP contribution in [0.5, 0.6) is 5.75 Å². The molecule has 0 aliphatic heterocycles. The van der Waals surface area contributed by atoms with Crippen LogP contribution < -0.4 is 10.5 Å². The number of aliphatic hydroxyl groups is 2. The zero-order valence-corrected chi connectivity index (χ0v) is 13.6. The minimum absolute atomic E-state index is 0.0149. The van der Waals surface area contributed by atoms with Gasteiger partial charge in [0.2, 0.25) is 0 Å². The van der Waals surface area contributed by atoms with Gasteiger partial charge >= 0.3 is 0 Å². The second-order valence-electron chi connectivity index (χ2n) is 5.57. The number of imidazole rings is 1. The largest absolute Gasteiger partial charge is 0.491 e. The quantitative estimate of drug-likeness (QED) is 0.601. The number of nitrogens with zero attached hydrogens (tertiary/aromatic N) is 3. The number of primary amides is 1. The number of fused-ring (bicyclic) bond motifs is 1. The van der Waals surface area contributed by atoms with Crippen LogP contribution in [0.3, 0.4) is 0 Å². The number of amides is 1. The Morgan fingerprint density at radius 3 is 2.88 bits per heavy atom. The lowest BCUT2D eigenvalue weighted by atomic mass is 10.1. The average Bonchev–Trinajstić information content (AvgIpc) is 2.94. The second kappa shape index (κ2) is 6.88. The summed E-state index contributed by atoms with van der Waals surface area (Å²) in [7, 11) is 0. The number of carbonyl (C=O) groups is 1. The van der Waals surface area contributed by atoms with Crippen molar-refractivity contribution in [3.8, 4) is 17.0 Å². The van der Waals surface area contributed by atoms with Crippen molar-refractivity contribution in [1.82, 2.24) is 14.6 Å². The van der Waals surface area contributed by atoms with E-state index in [2.05, 4.69) is 10.1 Å². The molecule has 4 N–H and O–H groups in total. The molecule has 1 aromatic carbocycles.